The second-order valence-corrected chi connectivity index (χ2v) is 7.52. The molecule has 0 bridgehead atoms. The minimum absolute atomic E-state index is 0.250. The van der Waals surface area contributed by atoms with Gasteiger partial charge in [-0.3, -0.25) is 4.98 Å². The number of nitrogen functional groups attached to an aromatic ring is 1. The molecule has 6 heteroatoms. The van der Waals surface area contributed by atoms with Crippen LogP contribution >= 0.6 is 11.6 Å². The summed E-state index contributed by atoms with van der Waals surface area (Å²) in [6.07, 6.45) is 1.77. The van der Waals surface area contributed by atoms with Crippen LogP contribution in [-0.2, 0) is 0 Å². The van der Waals surface area contributed by atoms with Gasteiger partial charge in [-0.1, -0.05) is 54.1 Å². The van der Waals surface area contributed by atoms with E-state index in [0.29, 0.717) is 5.02 Å². The summed E-state index contributed by atoms with van der Waals surface area (Å²) >= 11 is 6.09. The topological polar surface area (TPSA) is 76.7 Å². The molecule has 0 unspecified atom stereocenters. The van der Waals surface area contributed by atoms with Gasteiger partial charge in [-0.05, 0) is 42.5 Å². The molecule has 3 N–H and O–H groups in total. The number of halogens is 1. The van der Waals surface area contributed by atoms with E-state index in [1.165, 1.54) is 0 Å². The summed E-state index contributed by atoms with van der Waals surface area (Å²) in [6, 6.07) is 27.6. The molecule has 5 rings (SSSR count). The van der Waals surface area contributed by atoms with E-state index >= 15 is 0 Å². The smallest absolute Gasteiger partial charge is 0.221 e. The molecule has 0 atom stereocenters. The molecule has 3 aromatic carbocycles. The molecule has 2 aromatic heterocycles. The highest BCUT2D eigenvalue weighted by molar-refractivity contribution is 6.31. The second kappa shape index (κ2) is 8.05. The number of nitrogens with one attached hydrogen (secondary N) is 1. The molecular formula is C25H18ClN5. The monoisotopic (exact) mass is 423 g/mol. The van der Waals surface area contributed by atoms with Crippen molar-refractivity contribution in [1.82, 2.24) is 15.0 Å². The van der Waals surface area contributed by atoms with Gasteiger partial charge in [0.15, 0.2) is 0 Å². The Balaban J connectivity index is 1.44. The zero-order valence-electron chi connectivity index (χ0n) is 16.5. The Hall–Kier alpha value is -3.96. The van der Waals surface area contributed by atoms with Gasteiger partial charge in [0.05, 0.1) is 16.9 Å². The standard InChI is InChI=1S/C25H18ClN5/c26-18-8-11-20-21(12-13-28-24(20)14-18)29-19-9-6-17(7-10-19)23-15-22(30-25(27)31-23)16-4-2-1-3-5-16/h1-15H,(H,28,29)(H2,27,30,31). The number of hydrogen-bond donors (Lipinski definition) is 2. The van der Waals surface area contributed by atoms with E-state index in [2.05, 4.69) is 20.3 Å². The van der Waals surface area contributed by atoms with E-state index in [9.17, 15) is 0 Å². The van der Waals surface area contributed by atoms with Crippen molar-refractivity contribution in [3.8, 4) is 22.5 Å². The van der Waals surface area contributed by atoms with E-state index in [0.717, 1.165) is 44.8 Å². The lowest BCUT2D eigenvalue weighted by Crippen LogP contribution is -1.99. The number of fused-ring (bicyclic) bond motifs is 1. The van der Waals surface area contributed by atoms with E-state index in [1.54, 1.807) is 6.20 Å². The fourth-order valence-electron chi connectivity index (χ4n) is 3.48. The van der Waals surface area contributed by atoms with E-state index in [-0.39, 0.29) is 5.95 Å². The molecule has 0 aliphatic carbocycles. The Bertz CT molecular complexity index is 1370. The van der Waals surface area contributed by atoms with Crippen LogP contribution in [0.3, 0.4) is 0 Å². The first-order chi connectivity index (χ1) is 15.2. The fraction of sp³-hybridized carbons (Fsp3) is 0. The van der Waals surface area contributed by atoms with E-state index in [4.69, 9.17) is 17.3 Å². The van der Waals surface area contributed by atoms with Crippen LogP contribution in [0, 0.1) is 0 Å². The molecule has 5 aromatic rings. The Morgan fingerprint density at radius 3 is 2.19 bits per heavy atom. The molecule has 0 saturated heterocycles. The average molecular weight is 424 g/mol. The quantitative estimate of drug-likeness (QED) is 0.352. The SMILES string of the molecule is Nc1nc(-c2ccccc2)cc(-c2ccc(Nc3ccnc4cc(Cl)ccc34)cc2)n1. The Kier molecular flexibility index (Phi) is 4.94. The third-order valence-corrected chi connectivity index (χ3v) is 5.21. The Labute approximate surface area is 184 Å². The van der Waals surface area contributed by atoms with Gasteiger partial charge < -0.3 is 11.1 Å². The van der Waals surface area contributed by atoms with Gasteiger partial charge in [0.25, 0.3) is 0 Å². The van der Waals surface area contributed by atoms with Gasteiger partial charge in [0, 0.05) is 39.1 Å². The summed E-state index contributed by atoms with van der Waals surface area (Å²) in [6.45, 7) is 0. The molecule has 0 spiro atoms. The highest BCUT2D eigenvalue weighted by Crippen LogP contribution is 2.29. The first-order valence-corrected chi connectivity index (χ1v) is 10.2. The summed E-state index contributed by atoms with van der Waals surface area (Å²) in [5, 5.41) is 5.13. The molecule has 0 fully saturated rings. The van der Waals surface area contributed by atoms with Crippen LogP contribution in [0.15, 0.2) is 91.1 Å². The largest absolute Gasteiger partial charge is 0.368 e. The van der Waals surface area contributed by atoms with Crippen molar-refractivity contribution < 1.29 is 0 Å². The van der Waals surface area contributed by atoms with Crippen molar-refractivity contribution >= 4 is 39.8 Å². The van der Waals surface area contributed by atoms with Crippen molar-refractivity contribution in [2.75, 3.05) is 11.1 Å². The normalized spacial score (nSPS) is 10.9. The lowest BCUT2D eigenvalue weighted by atomic mass is 10.1. The third-order valence-electron chi connectivity index (χ3n) is 4.98. The van der Waals surface area contributed by atoms with Crippen LogP contribution < -0.4 is 11.1 Å². The van der Waals surface area contributed by atoms with Crippen molar-refractivity contribution in [2.45, 2.75) is 0 Å². The van der Waals surface area contributed by atoms with Gasteiger partial charge in [0.2, 0.25) is 5.95 Å². The molecule has 5 nitrogen and oxygen atoms in total. The number of rotatable bonds is 4. The number of nitrogens with zero attached hydrogens (tertiary/aromatic N) is 3. The molecule has 2 heterocycles. The average Bonchev–Trinajstić information content (AvgIpc) is 2.80. The first-order valence-electron chi connectivity index (χ1n) is 9.77. The predicted octanol–water partition coefficient (Wildman–Crippen LogP) is 6.34. The number of benzene rings is 3. The zero-order valence-corrected chi connectivity index (χ0v) is 17.2. The van der Waals surface area contributed by atoms with Crippen molar-refractivity contribution in [3.05, 3.63) is 96.1 Å². The van der Waals surface area contributed by atoms with Crippen LogP contribution in [-0.4, -0.2) is 15.0 Å². The summed E-state index contributed by atoms with van der Waals surface area (Å²) in [5.74, 6) is 0.250. The van der Waals surface area contributed by atoms with Gasteiger partial charge >= 0.3 is 0 Å². The molecule has 0 aliphatic rings. The summed E-state index contributed by atoms with van der Waals surface area (Å²) < 4.78 is 0. The molecule has 0 radical (unpaired) electrons. The van der Waals surface area contributed by atoms with Crippen LogP contribution in [0.25, 0.3) is 33.4 Å². The molecule has 0 saturated carbocycles. The Morgan fingerprint density at radius 2 is 1.45 bits per heavy atom. The van der Waals surface area contributed by atoms with Crippen LogP contribution in [0.5, 0.6) is 0 Å². The van der Waals surface area contributed by atoms with Crippen molar-refractivity contribution in [2.24, 2.45) is 0 Å². The maximum atomic E-state index is 6.09. The van der Waals surface area contributed by atoms with E-state index in [1.807, 2.05) is 84.9 Å². The van der Waals surface area contributed by atoms with Gasteiger partial charge in [0.1, 0.15) is 0 Å². The predicted molar refractivity (Wildman–Crippen MR) is 127 cm³/mol. The maximum absolute atomic E-state index is 6.09. The number of anilines is 3. The number of pyridine rings is 1. The second-order valence-electron chi connectivity index (χ2n) is 7.08. The third kappa shape index (κ3) is 4.04. The zero-order chi connectivity index (χ0) is 21.2. The van der Waals surface area contributed by atoms with E-state index < -0.39 is 0 Å². The minimum Gasteiger partial charge on any atom is -0.368 e. The van der Waals surface area contributed by atoms with Gasteiger partial charge in [-0.25, -0.2) is 9.97 Å². The summed E-state index contributed by atoms with van der Waals surface area (Å²) in [7, 11) is 0. The van der Waals surface area contributed by atoms with Gasteiger partial charge in [-0.15, -0.1) is 0 Å². The number of hydrogen-bond acceptors (Lipinski definition) is 5. The van der Waals surface area contributed by atoms with Crippen molar-refractivity contribution in [3.63, 3.8) is 0 Å². The number of aromatic nitrogens is 3. The summed E-state index contributed by atoms with van der Waals surface area (Å²) in [4.78, 5) is 13.2. The fourth-order valence-corrected chi connectivity index (χ4v) is 3.65. The lowest BCUT2D eigenvalue weighted by Gasteiger charge is -2.11. The molecular weight excluding hydrogens is 406 g/mol. The van der Waals surface area contributed by atoms with Crippen molar-refractivity contribution in [1.29, 1.82) is 0 Å². The molecule has 0 aliphatic heterocycles. The highest BCUT2D eigenvalue weighted by Gasteiger charge is 2.08. The number of nitrogens with two attached hydrogens (primary N) is 1. The molecule has 31 heavy (non-hydrogen) atoms. The first kappa shape index (κ1) is 19.0. The maximum Gasteiger partial charge on any atom is 0.221 e. The van der Waals surface area contributed by atoms with Crippen LogP contribution in [0.2, 0.25) is 5.02 Å². The Morgan fingerprint density at radius 1 is 0.742 bits per heavy atom. The minimum atomic E-state index is 0.250. The van der Waals surface area contributed by atoms with Gasteiger partial charge in [-0.2, -0.15) is 0 Å². The summed E-state index contributed by atoms with van der Waals surface area (Å²) in [5.41, 5.74) is 12.3. The van der Waals surface area contributed by atoms with Crippen LogP contribution in [0.4, 0.5) is 17.3 Å². The highest BCUT2D eigenvalue weighted by atomic mass is 35.5. The van der Waals surface area contributed by atoms with Crippen LogP contribution in [0.1, 0.15) is 0 Å². The lowest BCUT2D eigenvalue weighted by molar-refractivity contribution is 1.19. The molecule has 0 amide bonds. The molecule has 150 valence electrons.